The molecule has 3 N–H and O–H groups in total. The highest BCUT2D eigenvalue weighted by atomic mass is 32.1. The quantitative estimate of drug-likeness (QED) is 0.710. The monoisotopic (exact) mass is 407 g/mol. The summed E-state index contributed by atoms with van der Waals surface area (Å²) >= 11 is 1.18. The van der Waals surface area contributed by atoms with Crippen LogP contribution in [0.25, 0.3) is 10.6 Å². The van der Waals surface area contributed by atoms with Gasteiger partial charge in [0.1, 0.15) is 16.9 Å². The number of aromatic nitrogens is 2. The Hall–Kier alpha value is -3.08. The summed E-state index contributed by atoms with van der Waals surface area (Å²) in [4.78, 5) is 35.2. The first-order valence-electron chi connectivity index (χ1n) is 8.46. The van der Waals surface area contributed by atoms with Gasteiger partial charge in [-0.1, -0.05) is 11.3 Å². The maximum Gasteiger partial charge on any atom is 0.414 e. The highest BCUT2D eigenvalue weighted by Gasteiger charge is 2.32. The summed E-state index contributed by atoms with van der Waals surface area (Å²) in [6.07, 6.45) is -0.614. The lowest BCUT2D eigenvalue weighted by molar-refractivity contribution is -0.119. The number of halogens is 1. The van der Waals surface area contributed by atoms with Crippen molar-refractivity contribution in [2.45, 2.75) is 25.9 Å². The van der Waals surface area contributed by atoms with Gasteiger partial charge in [0.25, 0.3) is 0 Å². The summed E-state index contributed by atoms with van der Waals surface area (Å²) in [6.45, 7) is 1.76. The molecule has 11 heteroatoms. The van der Waals surface area contributed by atoms with Crippen molar-refractivity contribution in [3.8, 4) is 10.6 Å². The third-order valence-electron chi connectivity index (χ3n) is 4.00. The number of hydrogen-bond donors (Lipinski definition) is 2. The number of nitrogens with one attached hydrogen (secondary N) is 1. The van der Waals surface area contributed by atoms with E-state index >= 15 is 0 Å². The van der Waals surface area contributed by atoms with Crippen molar-refractivity contribution in [2.24, 2.45) is 5.73 Å². The van der Waals surface area contributed by atoms with Crippen LogP contribution in [0.3, 0.4) is 0 Å². The van der Waals surface area contributed by atoms with E-state index in [1.54, 1.807) is 6.07 Å². The molecule has 28 heavy (non-hydrogen) atoms. The number of benzene rings is 1. The number of carbonyl (C=O) groups excluding carboxylic acids is 3. The number of anilines is 1. The van der Waals surface area contributed by atoms with Gasteiger partial charge in [-0.3, -0.25) is 14.5 Å². The molecule has 0 spiro atoms. The molecule has 1 fully saturated rings. The topological polar surface area (TPSA) is 128 Å². The van der Waals surface area contributed by atoms with Crippen LogP contribution >= 0.6 is 11.3 Å². The van der Waals surface area contributed by atoms with E-state index in [4.69, 9.17) is 10.5 Å². The number of aryl methyl sites for hydroxylation is 1. The highest BCUT2D eigenvalue weighted by Crippen LogP contribution is 2.31. The van der Waals surface area contributed by atoms with Gasteiger partial charge in [-0.15, -0.1) is 10.2 Å². The fourth-order valence-corrected chi connectivity index (χ4v) is 3.50. The summed E-state index contributed by atoms with van der Waals surface area (Å²) in [7, 11) is 0. The van der Waals surface area contributed by atoms with E-state index in [9.17, 15) is 18.8 Å². The fourth-order valence-electron chi connectivity index (χ4n) is 2.64. The molecule has 1 aliphatic rings. The van der Waals surface area contributed by atoms with Crippen LogP contribution in [-0.4, -0.2) is 47.3 Å². The minimum Gasteiger partial charge on any atom is -0.442 e. The minimum absolute atomic E-state index is 0.146. The van der Waals surface area contributed by atoms with Crippen molar-refractivity contribution >= 4 is 34.9 Å². The summed E-state index contributed by atoms with van der Waals surface area (Å²) in [5.74, 6) is -1.23. The first-order valence-corrected chi connectivity index (χ1v) is 9.28. The maximum absolute atomic E-state index is 14.6. The van der Waals surface area contributed by atoms with Crippen LogP contribution in [0.2, 0.25) is 0 Å². The van der Waals surface area contributed by atoms with E-state index in [1.165, 1.54) is 35.3 Å². The third-order valence-corrected chi connectivity index (χ3v) is 5.02. The van der Waals surface area contributed by atoms with Crippen LogP contribution in [-0.2, 0) is 20.7 Å². The molecule has 2 aromatic rings. The Morgan fingerprint density at radius 3 is 2.89 bits per heavy atom. The second-order valence-electron chi connectivity index (χ2n) is 6.18. The lowest BCUT2D eigenvalue weighted by Gasteiger charge is -2.14. The van der Waals surface area contributed by atoms with Crippen molar-refractivity contribution in [3.63, 3.8) is 0 Å². The van der Waals surface area contributed by atoms with Gasteiger partial charge < -0.3 is 15.8 Å². The molecule has 0 radical (unpaired) electrons. The predicted octanol–water partition coefficient (Wildman–Crippen LogP) is 1.22. The Bertz CT molecular complexity index is 919. The summed E-state index contributed by atoms with van der Waals surface area (Å²) < 4.78 is 19.8. The van der Waals surface area contributed by atoms with Crippen LogP contribution in [0.5, 0.6) is 0 Å². The van der Waals surface area contributed by atoms with Crippen LogP contribution in [0.4, 0.5) is 14.9 Å². The molecular weight excluding hydrogens is 389 g/mol. The first kappa shape index (κ1) is 19.7. The molecule has 2 heterocycles. The van der Waals surface area contributed by atoms with E-state index in [0.717, 1.165) is 0 Å². The maximum atomic E-state index is 14.6. The van der Waals surface area contributed by atoms with Gasteiger partial charge in [0.2, 0.25) is 11.8 Å². The molecule has 1 unspecified atom stereocenters. The van der Waals surface area contributed by atoms with Gasteiger partial charge in [0.15, 0.2) is 5.01 Å². The molecule has 0 saturated carbocycles. The van der Waals surface area contributed by atoms with Crippen LogP contribution in [0, 0.1) is 5.82 Å². The summed E-state index contributed by atoms with van der Waals surface area (Å²) in [6, 6.07) is 4.32. The van der Waals surface area contributed by atoms with Gasteiger partial charge in [0.05, 0.1) is 18.8 Å². The van der Waals surface area contributed by atoms with E-state index in [0.29, 0.717) is 22.1 Å². The highest BCUT2D eigenvalue weighted by molar-refractivity contribution is 7.14. The Balaban J connectivity index is 1.71. The number of amides is 3. The second kappa shape index (κ2) is 8.30. The number of cyclic esters (lactones) is 1. The van der Waals surface area contributed by atoms with E-state index in [-0.39, 0.29) is 31.0 Å². The van der Waals surface area contributed by atoms with E-state index < -0.39 is 23.9 Å². The summed E-state index contributed by atoms with van der Waals surface area (Å²) in [5, 5.41) is 11.4. The smallest absolute Gasteiger partial charge is 0.414 e. The molecule has 1 aliphatic heterocycles. The molecule has 0 bridgehead atoms. The summed E-state index contributed by atoms with van der Waals surface area (Å²) in [5.41, 5.74) is 5.69. The first-order chi connectivity index (χ1) is 13.3. The average Bonchev–Trinajstić information content (AvgIpc) is 3.24. The van der Waals surface area contributed by atoms with Crippen molar-refractivity contribution in [1.29, 1.82) is 0 Å². The Kier molecular flexibility index (Phi) is 5.83. The minimum atomic E-state index is -0.604. The van der Waals surface area contributed by atoms with Gasteiger partial charge in [-0.2, -0.15) is 0 Å². The molecular formula is C17H18FN5O4S. The molecule has 1 aromatic carbocycles. The standard InChI is InChI=1S/C17H18FN5O4S/c1-9(24)20-7-11-8-23(17(26)27-11)10-2-3-12(13(18)6-10)16-22-21-15(28-16)5-4-14(19)25/h2-3,6,11H,4-5,7-8H2,1H3,(H2,19,25)(H,20,24). The van der Waals surface area contributed by atoms with Gasteiger partial charge >= 0.3 is 6.09 Å². The number of primary amides is 1. The zero-order chi connectivity index (χ0) is 20.3. The Morgan fingerprint density at radius 2 is 2.21 bits per heavy atom. The normalized spacial score (nSPS) is 16.1. The second-order valence-corrected chi connectivity index (χ2v) is 7.25. The average molecular weight is 407 g/mol. The lowest BCUT2D eigenvalue weighted by Crippen LogP contribution is -2.33. The number of carbonyl (C=O) groups is 3. The largest absolute Gasteiger partial charge is 0.442 e. The molecule has 3 rings (SSSR count). The van der Waals surface area contributed by atoms with Gasteiger partial charge in [-0.05, 0) is 18.2 Å². The zero-order valence-electron chi connectivity index (χ0n) is 15.0. The fraction of sp³-hybridized carbons (Fsp3) is 0.353. The van der Waals surface area contributed by atoms with Crippen molar-refractivity contribution in [1.82, 2.24) is 15.5 Å². The van der Waals surface area contributed by atoms with Crippen molar-refractivity contribution < 1.29 is 23.5 Å². The molecule has 0 aliphatic carbocycles. The van der Waals surface area contributed by atoms with Crippen molar-refractivity contribution in [3.05, 3.63) is 29.0 Å². The van der Waals surface area contributed by atoms with Crippen LogP contribution in [0.15, 0.2) is 18.2 Å². The molecule has 148 valence electrons. The number of ether oxygens (including phenoxy) is 1. The number of rotatable bonds is 7. The third kappa shape index (κ3) is 4.60. The van der Waals surface area contributed by atoms with Gasteiger partial charge in [-0.25, -0.2) is 9.18 Å². The van der Waals surface area contributed by atoms with Crippen LogP contribution in [0.1, 0.15) is 18.4 Å². The van der Waals surface area contributed by atoms with Crippen molar-refractivity contribution in [2.75, 3.05) is 18.0 Å². The molecule has 9 nitrogen and oxygen atoms in total. The zero-order valence-corrected chi connectivity index (χ0v) is 15.8. The molecule has 3 amide bonds. The molecule has 1 atom stereocenters. The Labute approximate surface area is 163 Å². The van der Waals surface area contributed by atoms with E-state index in [1.807, 2.05) is 0 Å². The number of hydrogen-bond acceptors (Lipinski definition) is 7. The predicted molar refractivity (Wildman–Crippen MR) is 99.1 cm³/mol. The number of nitrogens with two attached hydrogens (primary N) is 1. The Morgan fingerprint density at radius 1 is 1.43 bits per heavy atom. The molecule has 1 aromatic heterocycles. The SMILES string of the molecule is CC(=O)NCC1CN(c2ccc(-c3nnc(CCC(N)=O)s3)c(F)c2)C(=O)O1. The molecule has 1 saturated heterocycles. The number of nitrogens with zero attached hydrogens (tertiary/aromatic N) is 3. The van der Waals surface area contributed by atoms with Gasteiger partial charge in [0, 0.05) is 25.3 Å². The van der Waals surface area contributed by atoms with Crippen LogP contribution < -0.4 is 16.0 Å². The van der Waals surface area contributed by atoms with E-state index in [2.05, 4.69) is 15.5 Å². The lowest BCUT2D eigenvalue weighted by atomic mass is 10.2.